The SMILES string of the molecule is Cc1ccc2nc(COC(=O)c3ccc(C(F)(F)F)cc3N)cc(=O)n2c1. The van der Waals surface area contributed by atoms with Crippen LogP contribution in [0.15, 0.2) is 47.4 Å². The Hall–Kier alpha value is -3.36. The summed E-state index contributed by atoms with van der Waals surface area (Å²) in [5.74, 6) is -0.910. The van der Waals surface area contributed by atoms with Crippen molar-refractivity contribution >= 4 is 17.3 Å². The molecule has 2 heterocycles. The molecule has 1 aromatic carbocycles. The number of nitrogen functional groups attached to an aromatic ring is 1. The number of pyridine rings is 1. The first-order valence-corrected chi connectivity index (χ1v) is 7.78. The highest BCUT2D eigenvalue weighted by Gasteiger charge is 2.31. The lowest BCUT2D eigenvalue weighted by Crippen LogP contribution is -2.17. The van der Waals surface area contributed by atoms with Gasteiger partial charge in [-0.15, -0.1) is 0 Å². The molecule has 0 saturated carbocycles. The van der Waals surface area contributed by atoms with E-state index in [9.17, 15) is 22.8 Å². The summed E-state index contributed by atoms with van der Waals surface area (Å²) in [4.78, 5) is 28.4. The van der Waals surface area contributed by atoms with Gasteiger partial charge in [0.05, 0.1) is 16.8 Å². The molecule has 140 valence electrons. The maximum Gasteiger partial charge on any atom is 0.416 e. The monoisotopic (exact) mass is 377 g/mol. The van der Waals surface area contributed by atoms with Crippen molar-refractivity contribution in [2.45, 2.75) is 19.7 Å². The summed E-state index contributed by atoms with van der Waals surface area (Å²) < 4.78 is 44.3. The lowest BCUT2D eigenvalue weighted by Gasteiger charge is -2.11. The third kappa shape index (κ3) is 3.91. The van der Waals surface area contributed by atoms with Crippen LogP contribution < -0.4 is 11.3 Å². The number of carbonyl (C=O) groups is 1. The highest BCUT2D eigenvalue weighted by Crippen LogP contribution is 2.31. The summed E-state index contributed by atoms with van der Waals surface area (Å²) in [5.41, 5.74) is 5.15. The molecule has 0 aliphatic rings. The van der Waals surface area contributed by atoms with Gasteiger partial charge in [0.25, 0.3) is 5.56 Å². The van der Waals surface area contributed by atoms with Crippen molar-refractivity contribution in [1.82, 2.24) is 9.38 Å². The molecule has 3 aromatic rings. The maximum absolute atomic E-state index is 12.6. The summed E-state index contributed by atoms with van der Waals surface area (Å²) in [5, 5.41) is 0. The molecule has 0 atom stereocenters. The van der Waals surface area contributed by atoms with E-state index in [1.807, 2.05) is 6.92 Å². The van der Waals surface area contributed by atoms with Crippen LogP contribution in [0, 0.1) is 6.92 Å². The lowest BCUT2D eigenvalue weighted by molar-refractivity contribution is -0.137. The van der Waals surface area contributed by atoms with Crippen molar-refractivity contribution in [2.75, 3.05) is 5.73 Å². The van der Waals surface area contributed by atoms with Crippen molar-refractivity contribution in [2.24, 2.45) is 0 Å². The molecule has 6 nitrogen and oxygen atoms in total. The Morgan fingerprint density at radius 2 is 1.96 bits per heavy atom. The van der Waals surface area contributed by atoms with Gasteiger partial charge < -0.3 is 10.5 Å². The number of aromatic nitrogens is 2. The smallest absolute Gasteiger partial charge is 0.416 e. The van der Waals surface area contributed by atoms with Gasteiger partial charge in [0.2, 0.25) is 0 Å². The Balaban J connectivity index is 1.79. The molecule has 2 aromatic heterocycles. The van der Waals surface area contributed by atoms with Crippen LogP contribution in [0.25, 0.3) is 5.65 Å². The van der Waals surface area contributed by atoms with E-state index in [1.54, 1.807) is 18.3 Å². The van der Waals surface area contributed by atoms with E-state index in [0.29, 0.717) is 11.7 Å². The molecule has 0 unspecified atom stereocenters. The first-order chi connectivity index (χ1) is 12.6. The van der Waals surface area contributed by atoms with Crippen LogP contribution in [-0.4, -0.2) is 15.4 Å². The van der Waals surface area contributed by atoms with E-state index in [4.69, 9.17) is 10.5 Å². The fourth-order valence-electron chi connectivity index (χ4n) is 2.47. The number of fused-ring (bicyclic) bond motifs is 1. The van der Waals surface area contributed by atoms with Gasteiger partial charge in [0.1, 0.15) is 12.3 Å². The summed E-state index contributed by atoms with van der Waals surface area (Å²) in [6.07, 6.45) is -2.94. The van der Waals surface area contributed by atoms with Gasteiger partial charge in [-0.1, -0.05) is 6.07 Å². The van der Waals surface area contributed by atoms with Crippen molar-refractivity contribution in [3.05, 3.63) is 75.3 Å². The minimum atomic E-state index is -4.56. The van der Waals surface area contributed by atoms with E-state index in [-0.39, 0.29) is 29.1 Å². The highest BCUT2D eigenvalue weighted by atomic mass is 19.4. The summed E-state index contributed by atoms with van der Waals surface area (Å²) >= 11 is 0. The predicted molar refractivity (Wildman–Crippen MR) is 91.2 cm³/mol. The number of rotatable bonds is 3. The molecular weight excluding hydrogens is 363 g/mol. The van der Waals surface area contributed by atoms with Crippen LogP contribution in [0.3, 0.4) is 0 Å². The number of alkyl halides is 3. The molecule has 3 rings (SSSR count). The summed E-state index contributed by atoms with van der Waals surface area (Å²) in [6, 6.07) is 7.01. The number of benzene rings is 1. The zero-order valence-electron chi connectivity index (χ0n) is 14.1. The fourth-order valence-corrected chi connectivity index (χ4v) is 2.47. The topological polar surface area (TPSA) is 86.7 Å². The molecule has 27 heavy (non-hydrogen) atoms. The second kappa shape index (κ2) is 6.75. The van der Waals surface area contributed by atoms with Crippen LogP contribution >= 0.6 is 0 Å². The Bertz CT molecular complexity index is 1090. The van der Waals surface area contributed by atoms with Crippen LogP contribution in [-0.2, 0) is 17.5 Å². The number of nitrogens with zero attached hydrogens (tertiary/aromatic N) is 2. The zero-order chi connectivity index (χ0) is 19.8. The molecule has 2 N–H and O–H groups in total. The summed E-state index contributed by atoms with van der Waals surface area (Å²) in [6.45, 7) is 1.51. The number of halogens is 3. The molecular formula is C18H14F3N3O3. The quantitative estimate of drug-likeness (QED) is 0.560. The minimum Gasteiger partial charge on any atom is -0.456 e. The van der Waals surface area contributed by atoms with Crippen LogP contribution in [0.1, 0.15) is 27.2 Å². The van der Waals surface area contributed by atoms with Gasteiger partial charge in [-0.25, -0.2) is 9.78 Å². The van der Waals surface area contributed by atoms with Crippen molar-refractivity contribution in [1.29, 1.82) is 0 Å². The molecule has 9 heteroatoms. The molecule has 0 fully saturated rings. The van der Waals surface area contributed by atoms with Crippen molar-refractivity contribution in [3.8, 4) is 0 Å². The number of nitrogens with two attached hydrogens (primary N) is 1. The molecule has 0 aliphatic heterocycles. The minimum absolute atomic E-state index is 0.198. The van der Waals surface area contributed by atoms with Gasteiger partial charge in [-0.05, 0) is 36.8 Å². The van der Waals surface area contributed by atoms with Crippen molar-refractivity contribution in [3.63, 3.8) is 0 Å². The number of hydrogen-bond donors (Lipinski definition) is 1. The van der Waals surface area contributed by atoms with Gasteiger partial charge >= 0.3 is 12.1 Å². The number of anilines is 1. The van der Waals surface area contributed by atoms with Crippen molar-refractivity contribution < 1.29 is 22.7 Å². The average molecular weight is 377 g/mol. The first-order valence-electron chi connectivity index (χ1n) is 7.78. The Kier molecular flexibility index (Phi) is 4.61. The predicted octanol–water partition coefficient (Wildman–Crippen LogP) is 2.96. The number of carbonyl (C=O) groups excluding carboxylic acids is 1. The lowest BCUT2D eigenvalue weighted by atomic mass is 10.1. The molecule has 0 saturated heterocycles. The fraction of sp³-hybridized carbons (Fsp3) is 0.167. The third-order valence-electron chi connectivity index (χ3n) is 3.81. The van der Waals surface area contributed by atoms with E-state index in [0.717, 1.165) is 17.7 Å². The van der Waals surface area contributed by atoms with E-state index >= 15 is 0 Å². The standard InChI is InChI=1S/C18H14F3N3O3/c1-10-2-5-15-23-12(7-16(25)24(15)8-10)9-27-17(26)13-4-3-11(6-14(13)22)18(19,20)21/h2-8H,9,22H2,1H3. The third-order valence-corrected chi connectivity index (χ3v) is 3.81. The largest absolute Gasteiger partial charge is 0.456 e. The number of esters is 1. The van der Waals surface area contributed by atoms with E-state index in [1.165, 1.54) is 10.5 Å². The Labute approximate surface area is 151 Å². The first kappa shape index (κ1) is 18.4. The average Bonchev–Trinajstić information content (AvgIpc) is 2.59. The van der Waals surface area contributed by atoms with Crippen LogP contribution in [0.4, 0.5) is 18.9 Å². The zero-order valence-corrected chi connectivity index (χ0v) is 14.1. The normalized spacial score (nSPS) is 11.6. The highest BCUT2D eigenvalue weighted by molar-refractivity contribution is 5.95. The Morgan fingerprint density at radius 3 is 2.63 bits per heavy atom. The number of aryl methyl sites for hydroxylation is 1. The van der Waals surface area contributed by atoms with Gasteiger partial charge in [-0.3, -0.25) is 9.20 Å². The Morgan fingerprint density at radius 1 is 1.22 bits per heavy atom. The molecule has 0 radical (unpaired) electrons. The van der Waals surface area contributed by atoms with Crippen LogP contribution in [0.5, 0.6) is 0 Å². The molecule has 0 spiro atoms. The molecule has 0 amide bonds. The second-order valence-corrected chi connectivity index (χ2v) is 5.90. The number of ether oxygens (including phenoxy) is 1. The second-order valence-electron chi connectivity index (χ2n) is 5.90. The van der Waals surface area contributed by atoms with Gasteiger partial charge in [0, 0.05) is 18.0 Å². The number of hydrogen-bond acceptors (Lipinski definition) is 5. The van der Waals surface area contributed by atoms with E-state index in [2.05, 4.69) is 4.98 Å². The maximum atomic E-state index is 12.6. The van der Waals surface area contributed by atoms with Gasteiger partial charge in [-0.2, -0.15) is 13.2 Å². The molecule has 0 bridgehead atoms. The molecule has 0 aliphatic carbocycles. The van der Waals surface area contributed by atoms with Gasteiger partial charge in [0.15, 0.2) is 0 Å². The van der Waals surface area contributed by atoms with Crippen LogP contribution in [0.2, 0.25) is 0 Å². The summed E-state index contributed by atoms with van der Waals surface area (Å²) in [7, 11) is 0. The van der Waals surface area contributed by atoms with E-state index < -0.39 is 17.7 Å².